The number of halogens is 1. The predicted octanol–water partition coefficient (Wildman–Crippen LogP) is 2.74. The second-order valence-electron chi connectivity index (χ2n) is 5.80. The van der Waals surface area contributed by atoms with E-state index in [9.17, 15) is 4.79 Å². The summed E-state index contributed by atoms with van der Waals surface area (Å²) in [4.78, 5) is 14.3. The average molecular weight is 334 g/mol. The van der Waals surface area contributed by atoms with Crippen LogP contribution in [0.4, 0.5) is 10.5 Å². The van der Waals surface area contributed by atoms with Gasteiger partial charge >= 0.3 is 6.03 Å². The smallest absolute Gasteiger partial charge is 0.319 e. The predicted molar refractivity (Wildman–Crippen MR) is 91.2 cm³/mol. The minimum absolute atomic E-state index is 0.196. The topological polar surface area (TPSA) is 62.2 Å². The van der Waals surface area contributed by atoms with Gasteiger partial charge in [0.05, 0.1) is 28.8 Å². The zero-order valence-corrected chi connectivity index (χ0v) is 13.8. The number of benzene rings is 1. The molecule has 1 aliphatic heterocycles. The van der Waals surface area contributed by atoms with Crippen molar-refractivity contribution in [3.63, 3.8) is 0 Å². The summed E-state index contributed by atoms with van der Waals surface area (Å²) in [7, 11) is 2.10. The fourth-order valence-corrected chi connectivity index (χ4v) is 2.88. The van der Waals surface area contributed by atoms with Crippen molar-refractivity contribution in [1.29, 1.82) is 0 Å². The number of carbonyl (C=O) groups excluding carboxylic acids is 1. The van der Waals surface area contributed by atoms with Gasteiger partial charge in [0.2, 0.25) is 0 Å². The summed E-state index contributed by atoms with van der Waals surface area (Å²) < 4.78 is 1.65. The molecule has 0 radical (unpaired) electrons. The lowest BCUT2D eigenvalue weighted by atomic mass is 10.1. The van der Waals surface area contributed by atoms with Gasteiger partial charge in [-0.15, -0.1) is 0 Å². The van der Waals surface area contributed by atoms with Crippen molar-refractivity contribution in [3.8, 4) is 5.69 Å². The number of hydrogen-bond acceptors (Lipinski definition) is 3. The lowest BCUT2D eigenvalue weighted by molar-refractivity contribution is 0.221. The third kappa shape index (κ3) is 4.03. The van der Waals surface area contributed by atoms with Gasteiger partial charge < -0.3 is 15.5 Å². The molecule has 23 heavy (non-hydrogen) atoms. The highest BCUT2D eigenvalue weighted by atomic mass is 35.5. The van der Waals surface area contributed by atoms with Gasteiger partial charge in [-0.2, -0.15) is 5.10 Å². The summed E-state index contributed by atoms with van der Waals surface area (Å²) in [5.74, 6) is 0. The quantitative estimate of drug-likeness (QED) is 0.908. The van der Waals surface area contributed by atoms with Crippen molar-refractivity contribution in [2.75, 3.05) is 25.5 Å². The molecule has 0 spiro atoms. The molecule has 7 heteroatoms. The standard InChI is InChI=1S/C16H20ClN5O/c1-21-8-6-12(7-9-21)19-16(23)20-13-10-18-22(11-13)15-5-3-2-4-14(15)17/h2-5,10-12H,6-9H2,1H3,(H2,19,20,23). The Hall–Kier alpha value is -2.05. The van der Waals surface area contributed by atoms with Gasteiger partial charge in [0, 0.05) is 6.04 Å². The Morgan fingerprint density at radius 3 is 2.78 bits per heavy atom. The van der Waals surface area contributed by atoms with Crippen LogP contribution in [0.15, 0.2) is 36.7 Å². The first-order chi connectivity index (χ1) is 11.1. The number of para-hydroxylation sites is 1. The zero-order valence-electron chi connectivity index (χ0n) is 13.0. The van der Waals surface area contributed by atoms with Crippen LogP contribution in [0, 0.1) is 0 Å². The molecule has 1 fully saturated rings. The Kier molecular flexibility index (Phi) is 4.83. The third-order valence-electron chi connectivity index (χ3n) is 3.99. The largest absolute Gasteiger partial charge is 0.335 e. The molecule has 1 aliphatic rings. The van der Waals surface area contributed by atoms with Gasteiger partial charge in [0.25, 0.3) is 0 Å². The molecule has 1 aromatic carbocycles. The number of nitrogens with zero attached hydrogens (tertiary/aromatic N) is 3. The highest BCUT2D eigenvalue weighted by Crippen LogP contribution is 2.20. The molecule has 0 atom stereocenters. The molecule has 1 saturated heterocycles. The molecule has 2 amide bonds. The molecule has 2 heterocycles. The number of nitrogens with one attached hydrogen (secondary N) is 2. The molecule has 1 aromatic heterocycles. The van der Waals surface area contributed by atoms with Gasteiger partial charge in [-0.05, 0) is 45.1 Å². The van der Waals surface area contributed by atoms with E-state index in [1.54, 1.807) is 23.1 Å². The second-order valence-corrected chi connectivity index (χ2v) is 6.21. The van der Waals surface area contributed by atoms with Crippen LogP contribution < -0.4 is 10.6 Å². The summed E-state index contributed by atoms with van der Waals surface area (Å²) in [6.07, 6.45) is 5.30. The van der Waals surface area contributed by atoms with Crippen LogP contribution in [0.2, 0.25) is 5.02 Å². The zero-order chi connectivity index (χ0) is 16.2. The van der Waals surface area contributed by atoms with Crippen LogP contribution >= 0.6 is 11.6 Å². The molecular weight excluding hydrogens is 314 g/mol. The molecule has 3 rings (SSSR count). The maximum absolute atomic E-state index is 12.1. The van der Waals surface area contributed by atoms with E-state index in [-0.39, 0.29) is 12.1 Å². The van der Waals surface area contributed by atoms with Crippen LogP contribution in [0.3, 0.4) is 0 Å². The first kappa shape index (κ1) is 15.8. The molecule has 2 aromatic rings. The second kappa shape index (κ2) is 7.02. The number of anilines is 1. The van der Waals surface area contributed by atoms with Crippen LogP contribution in [-0.4, -0.2) is 46.9 Å². The molecule has 0 unspecified atom stereocenters. The fourth-order valence-electron chi connectivity index (χ4n) is 2.66. The van der Waals surface area contributed by atoms with Crippen molar-refractivity contribution in [3.05, 3.63) is 41.7 Å². The maximum atomic E-state index is 12.1. The lowest BCUT2D eigenvalue weighted by Crippen LogP contribution is -2.44. The van der Waals surface area contributed by atoms with E-state index in [1.807, 2.05) is 18.2 Å². The van der Waals surface area contributed by atoms with E-state index in [1.165, 1.54) is 0 Å². The van der Waals surface area contributed by atoms with Crippen molar-refractivity contribution < 1.29 is 4.79 Å². The van der Waals surface area contributed by atoms with Crippen LogP contribution in [0.5, 0.6) is 0 Å². The highest BCUT2D eigenvalue weighted by molar-refractivity contribution is 6.32. The minimum atomic E-state index is -0.196. The van der Waals surface area contributed by atoms with E-state index in [0.29, 0.717) is 10.7 Å². The Bertz CT molecular complexity index is 679. The number of likely N-dealkylation sites (tertiary alicyclic amines) is 1. The number of aromatic nitrogens is 2. The summed E-state index contributed by atoms with van der Waals surface area (Å²) >= 11 is 6.15. The minimum Gasteiger partial charge on any atom is -0.335 e. The summed E-state index contributed by atoms with van der Waals surface area (Å²) in [6.45, 7) is 2.02. The molecule has 0 saturated carbocycles. The first-order valence-corrected chi connectivity index (χ1v) is 8.05. The number of carbonyl (C=O) groups is 1. The van der Waals surface area contributed by atoms with E-state index in [0.717, 1.165) is 31.6 Å². The number of urea groups is 1. The van der Waals surface area contributed by atoms with Crippen molar-refractivity contribution >= 4 is 23.3 Å². The monoisotopic (exact) mass is 333 g/mol. The first-order valence-electron chi connectivity index (χ1n) is 7.67. The maximum Gasteiger partial charge on any atom is 0.319 e. The van der Waals surface area contributed by atoms with Crippen LogP contribution in [-0.2, 0) is 0 Å². The van der Waals surface area contributed by atoms with E-state index < -0.39 is 0 Å². The Labute approximate surface area is 140 Å². The van der Waals surface area contributed by atoms with Crippen LogP contribution in [0.25, 0.3) is 5.69 Å². The third-order valence-corrected chi connectivity index (χ3v) is 4.31. The number of amides is 2. The molecule has 2 N–H and O–H groups in total. The summed E-state index contributed by atoms with van der Waals surface area (Å²) in [5.41, 5.74) is 1.41. The fraction of sp³-hybridized carbons (Fsp3) is 0.375. The Balaban J connectivity index is 1.58. The van der Waals surface area contributed by atoms with E-state index in [2.05, 4.69) is 27.7 Å². The molecule has 0 aliphatic carbocycles. The van der Waals surface area contributed by atoms with Crippen molar-refractivity contribution in [1.82, 2.24) is 20.0 Å². The number of hydrogen-bond donors (Lipinski definition) is 2. The summed E-state index contributed by atoms with van der Waals surface area (Å²) in [5, 5.41) is 10.7. The van der Waals surface area contributed by atoms with E-state index >= 15 is 0 Å². The van der Waals surface area contributed by atoms with Gasteiger partial charge in [-0.25, -0.2) is 9.48 Å². The molecule has 0 bridgehead atoms. The van der Waals surface area contributed by atoms with Gasteiger partial charge in [0.1, 0.15) is 0 Å². The average Bonchev–Trinajstić information content (AvgIpc) is 2.98. The number of rotatable bonds is 3. The molecule has 122 valence electrons. The molecule has 6 nitrogen and oxygen atoms in total. The number of piperidine rings is 1. The van der Waals surface area contributed by atoms with Gasteiger partial charge in [0.15, 0.2) is 0 Å². The Morgan fingerprint density at radius 1 is 1.30 bits per heavy atom. The van der Waals surface area contributed by atoms with Gasteiger partial charge in [-0.3, -0.25) is 0 Å². The lowest BCUT2D eigenvalue weighted by Gasteiger charge is -2.29. The van der Waals surface area contributed by atoms with Crippen LogP contribution in [0.1, 0.15) is 12.8 Å². The van der Waals surface area contributed by atoms with Crippen molar-refractivity contribution in [2.24, 2.45) is 0 Å². The highest BCUT2D eigenvalue weighted by Gasteiger charge is 2.18. The normalized spacial score (nSPS) is 16.3. The SMILES string of the molecule is CN1CCC(NC(=O)Nc2cnn(-c3ccccc3Cl)c2)CC1. The van der Waals surface area contributed by atoms with Crippen molar-refractivity contribution in [2.45, 2.75) is 18.9 Å². The van der Waals surface area contributed by atoms with E-state index in [4.69, 9.17) is 11.6 Å². The summed E-state index contributed by atoms with van der Waals surface area (Å²) in [6, 6.07) is 7.46. The Morgan fingerprint density at radius 2 is 2.04 bits per heavy atom. The molecular formula is C16H20ClN5O. The van der Waals surface area contributed by atoms with Gasteiger partial charge in [-0.1, -0.05) is 23.7 Å².